The molecule has 0 fully saturated rings. The third-order valence-corrected chi connectivity index (χ3v) is 1.04. The highest BCUT2D eigenvalue weighted by Gasteiger charge is 2.12. The topological polar surface area (TPSA) is 95.6 Å². The molecule has 1 unspecified atom stereocenters. The molecule has 1 atom stereocenters. The van der Waals surface area contributed by atoms with Crippen LogP contribution in [-0.2, 0) is 4.79 Å². The predicted molar refractivity (Wildman–Crippen MR) is 35.6 cm³/mol. The van der Waals surface area contributed by atoms with E-state index in [1.54, 1.807) is 0 Å². The zero-order valence-corrected chi connectivity index (χ0v) is 5.58. The zero-order chi connectivity index (χ0) is 7.98. The highest BCUT2D eigenvalue weighted by Crippen LogP contribution is 1.77. The summed E-state index contributed by atoms with van der Waals surface area (Å²) in [6.07, 6.45) is 0. The number of carbonyl (C=O) groups is 1. The van der Waals surface area contributed by atoms with Crippen LogP contribution in [0.5, 0.6) is 0 Å². The summed E-state index contributed by atoms with van der Waals surface area (Å²) in [5, 5.41) is 19.2. The van der Waals surface area contributed by atoms with E-state index in [1.165, 1.54) is 0 Å². The Hall–Kier alpha value is -0.650. The predicted octanol–water partition coefficient (Wildman–Crippen LogP) is -2.02. The Bertz CT molecular complexity index is 107. The number of hydrogen-bond acceptors (Lipinski definition) is 4. The Morgan fingerprint density at radius 2 is 2.30 bits per heavy atom. The van der Waals surface area contributed by atoms with E-state index >= 15 is 0 Å². The molecular formula is C5H12N2O3. The molecule has 0 heterocycles. The number of rotatable bonds is 5. The molecule has 0 amide bonds. The standard InChI is InChI=1S/C5H12N2O3/c6-3-4(5(9)10)7-1-2-8/h4,7-8H,1-3,6H2,(H,9,10). The Balaban J connectivity index is 3.50. The smallest absolute Gasteiger partial charge is 0.322 e. The van der Waals surface area contributed by atoms with Gasteiger partial charge in [0, 0.05) is 13.1 Å². The molecule has 0 aliphatic rings. The van der Waals surface area contributed by atoms with Crippen molar-refractivity contribution in [3.05, 3.63) is 0 Å². The molecule has 0 aromatic rings. The van der Waals surface area contributed by atoms with Crippen molar-refractivity contribution in [2.45, 2.75) is 6.04 Å². The summed E-state index contributed by atoms with van der Waals surface area (Å²) < 4.78 is 0. The average molecular weight is 148 g/mol. The second-order valence-corrected chi connectivity index (χ2v) is 1.80. The zero-order valence-electron chi connectivity index (χ0n) is 5.58. The van der Waals surface area contributed by atoms with Crippen molar-refractivity contribution in [1.29, 1.82) is 0 Å². The fourth-order valence-electron chi connectivity index (χ4n) is 0.510. The molecule has 0 rings (SSSR count). The molecule has 0 saturated carbocycles. The molecule has 5 heteroatoms. The van der Waals surface area contributed by atoms with Crippen LogP contribution in [0.4, 0.5) is 0 Å². The SMILES string of the molecule is NCC(NCCO)C(=O)O. The van der Waals surface area contributed by atoms with Crippen LogP contribution in [0.15, 0.2) is 0 Å². The molecule has 0 spiro atoms. The Morgan fingerprint density at radius 3 is 2.60 bits per heavy atom. The molecule has 0 radical (unpaired) electrons. The highest BCUT2D eigenvalue weighted by molar-refractivity contribution is 5.73. The Kier molecular flexibility index (Phi) is 4.82. The van der Waals surface area contributed by atoms with E-state index < -0.39 is 12.0 Å². The normalized spacial score (nSPS) is 13.0. The summed E-state index contributed by atoms with van der Waals surface area (Å²) in [5.74, 6) is -0.990. The van der Waals surface area contributed by atoms with Gasteiger partial charge < -0.3 is 21.3 Å². The van der Waals surface area contributed by atoms with Crippen molar-refractivity contribution < 1.29 is 15.0 Å². The number of aliphatic carboxylic acids is 1. The van der Waals surface area contributed by atoms with Gasteiger partial charge in [0.05, 0.1) is 6.61 Å². The largest absolute Gasteiger partial charge is 0.480 e. The molecule has 0 aliphatic carbocycles. The molecular weight excluding hydrogens is 136 g/mol. The number of aliphatic hydroxyl groups is 1. The van der Waals surface area contributed by atoms with E-state index in [9.17, 15) is 4.79 Å². The third kappa shape index (κ3) is 3.39. The first-order chi connectivity index (χ1) is 4.72. The Labute approximate surface area is 58.8 Å². The van der Waals surface area contributed by atoms with Crippen molar-refractivity contribution in [3.8, 4) is 0 Å². The van der Waals surface area contributed by atoms with Gasteiger partial charge >= 0.3 is 5.97 Å². The molecule has 5 nitrogen and oxygen atoms in total. The molecule has 10 heavy (non-hydrogen) atoms. The molecule has 0 bridgehead atoms. The van der Waals surface area contributed by atoms with Crippen LogP contribution in [0.2, 0.25) is 0 Å². The first-order valence-corrected chi connectivity index (χ1v) is 2.99. The van der Waals surface area contributed by atoms with Crippen LogP contribution in [0.3, 0.4) is 0 Å². The summed E-state index contributed by atoms with van der Waals surface area (Å²) in [6.45, 7) is 0.216. The minimum Gasteiger partial charge on any atom is -0.480 e. The fraction of sp³-hybridized carbons (Fsp3) is 0.800. The maximum Gasteiger partial charge on any atom is 0.322 e. The third-order valence-electron chi connectivity index (χ3n) is 1.04. The van der Waals surface area contributed by atoms with Gasteiger partial charge in [-0.25, -0.2) is 0 Å². The van der Waals surface area contributed by atoms with Gasteiger partial charge in [0.15, 0.2) is 0 Å². The lowest BCUT2D eigenvalue weighted by Crippen LogP contribution is -2.43. The first kappa shape index (κ1) is 9.35. The number of nitrogens with one attached hydrogen (secondary N) is 1. The van der Waals surface area contributed by atoms with Gasteiger partial charge in [-0.15, -0.1) is 0 Å². The summed E-state index contributed by atoms with van der Waals surface area (Å²) >= 11 is 0. The molecule has 0 aromatic carbocycles. The minimum atomic E-state index is -0.990. The van der Waals surface area contributed by atoms with Crippen LogP contribution in [0.1, 0.15) is 0 Å². The van der Waals surface area contributed by atoms with E-state index in [4.69, 9.17) is 15.9 Å². The van der Waals surface area contributed by atoms with Crippen LogP contribution in [-0.4, -0.2) is 41.9 Å². The lowest BCUT2D eigenvalue weighted by Gasteiger charge is -2.09. The quantitative estimate of drug-likeness (QED) is 0.361. The van der Waals surface area contributed by atoms with E-state index in [2.05, 4.69) is 5.32 Å². The summed E-state index contributed by atoms with van der Waals surface area (Å²) in [4.78, 5) is 10.2. The second kappa shape index (κ2) is 5.16. The van der Waals surface area contributed by atoms with Gasteiger partial charge in [0.2, 0.25) is 0 Å². The lowest BCUT2D eigenvalue weighted by atomic mass is 10.3. The van der Waals surface area contributed by atoms with Crippen molar-refractivity contribution in [1.82, 2.24) is 5.32 Å². The van der Waals surface area contributed by atoms with Gasteiger partial charge in [0.1, 0.15) is 6.04 Å². The average Bonchev–Trinajstić information content (AvgIpc) is 1.89. The highest BCUT2D eigenvalue weighted by atomic mass is 16.4. The second-order valence-electron chi connectivity index (χ2n) is 1.80. The monoisotopic (exact) mass is 148 g/mol. The molecule has 5 N–H and O–H groups in total. The number of carboxylic acids is 1. The Morgan fingerprint density at radius 1 is 1.70 bits per heavy atom. The molecule has 0 saturated heterocycles. The van der Waals surface area contributed by atoms with E-state index in [1.807, 2.05) is 0 Å². The molecule has 0 aromatic heterocycles. The van der Waals surface area contributed by atoms with E-state index in [-0.39, 0.29) is 19.7 Å². The maximum atomic E-state index is 10.2. The van der Waals surface area contributed by atoms with Crippen LogP contribution >= 0.6 is 0 Å². The van der Waals surface area contributed by atoms with Crippen molar-refractivity contribution in [3.63, 3.8) is 0 Å². The number of nitrogens with two attached hydrogens (primary N) is 1. The molecule has 0 aliphatic heterocycles. The van der Waals surface area contributed by atoms with Crippen LogP contribution < -0.4 is 11.1 Å². The van der Waals surface area contributed by atoms with Gasteiger partial charge in [-0.3, -0.25) is 4.79 Å². The van der Waals surface area contributed by atoms with Crippen molar-refractivity contribution in [2.24, 2.45) is 5.73 Å². The van der Waals surface area contributed by atoms with Crippen LogP contribution in [0.25, 0.3) is 0 Å². The fourth-order valence-corrected chi connectivity index (χ4v) is 0.510. The summed E-state index contributed by atoms with van der Waals surface area (Å²) in [6, 6.07) is -0.743. The number of hydrogen-bond donors (Lipinski definition) is 4. The van der Waals surface area contributed by atoms with E-state index in [0.717, 1.165) is 0 Å². The van der Waals surface area contributed by atoms with Crippen LogP contribution in [0, 0.1) is 0 Å². The maximum absolute atomic E-state index is 10.2. The minimum absolute atomic E-state index is 0.0370. The van der Waals surface area contributed by atoms with Gasteiger partial charge in [-0.1, -0.05) is 0 Å². The number of aliphatic hydroxyl groups excluding tert-OH is 1. The number of carboxylic acid groups (broad SMARTS) is 1. The summed E-state index contributed by atoms with van der Waals surface area (Å²) in [7, 11) is 0. The van der Waals surface area contributed by atoms with E-state index in [0.29, 0.717) is 0 Å². The summed E-state index contributed by atoms with van der Waals surface area (Å²) in [5.41, 5.74) is 5.09. The van der Waals surface area contributed by atoms with Gasteiger partial charge in [0.25, 0.3) is 0 Å². The molecule has 60 valence electrons. The van der Waals surface area contributed by atoms with Crippen molar-refractivity contribution in [2.75, 3.05) is 19.7 Å². The lowest BCUT2D eigenvalue weighted by molar-refractivity contribution is -0.139. The first-order valence-electron chi connectivity index (χ1n) is 2.99. The van der Waals surface area contributed by atoms with Crippen molar-refractivity contribution >= 4 is 5.97 Å². The van der Waals surface area contributed by atoms with Gasteiger partial charge in [-0.2, -0.15) is 0 Å². The van der Waals surface area contributed by atoms with Gasteiger partial charge in [-0.05, 0) is 0 Å².